The second kappa shape index (κ2) is 11.1. The van der Waals surface area contributed by atoms with Crippen LogP contribution in [-0.2, 0) is 25.4 Å². The molecule has 2 amide bonds. The molecule has 1 aromatic rings. The number of nitrogens with zero attached hydrogens (tertiary/aromatic N) is 1. The van der Waals surface area contributed by atoms with E-state index in [0.29, 0.717) is 17.9 Å². The first-order valence-electron chi connectivity index (χ1n) is 12.9. The van der Waals surface area contributed by atoms with Crippen LogP contribution in [-0.4, -0.2) is 79.2 Å². The molecule has 4 bridgehead atoms. The molecule has 2 fully saturated rings. The van der Waals surface area contributed by atoms with E-state index in [1.165, 1.54) is 19.1 Å². The molecule has 0 radical (unpaired) electrons. The molecule has 3 aliphatic heterocycles. The molecule has 0 unspecified atom stereocenters. The van der Waals surface area contributed by atoms with E-state index in [9.17, 15) is 19.8 Å². The minimum absolute atomic E-state index is 0.0310. The van der Waals surface area contributed by atoms with Crippen LogP contribution in [0.4, 0.5) is 10.5 Å². The molecular weight excluding hydrogens is 528 g/mol. The summed E-state index contributed by atoms with van der Waals surface area (Å²) in [6, 6.07) is 3.63. The fourth-order valence-electron chi connectivity index (χ4n) is 5.46. The van der Waals surface area contributed by atoms with Crippen LogP contribution in [0, 0.1) is 5.92 Å². The van der Waals surface area contributed by atoms with Gasteiger partial charge >= 0.3 is 6.09 Å². The number of anilines is 1. The summed E-state index contributed by atoms with van der Waals surface area (Å²) in [4.78, 5) is 27.1. The van der Waals surface area contributed by atoms with Crippen molar-refractivity contribution in [3.63, 3.8) is 0 Å². The highest BCUT2D eigenvalue weighted by Crippen LogP contribution is 2.48. The third-order valence-electron chi connectivity index (χ3n) is 7.98. The standard InChI is InChI=1S/C28H37ClN2O8/c1-15-8-7-9-22(37-6)28(35)14-20(38-26(34)30-28)16(2)25-27(3,39-25)21(32)13-23(33)31(4)18-11-17(10-15)12-19(36-5)24(18)29/h7-9,11-12,16,20-22,25,32,35H,10,13-14H2,1-6H3,(H,30,34)/t16-,20-,21-,22+,25+,27-,28-/m0/s1. The summed E-state index contributed by atoms with van der Waals surface area (Å²) in [6.45, 7) is 5.48. The Hall–Kier alpha value is -2.63. The van der Waals surface area contributed by atoms with Crippen LogP contribution in [0.15, 0.2) is 35.9 Å². The second-order valence-corrected chi connectivity index (χ2v) is 11.2. The monoisotopic (exact) mass is 564 g/mol. The van der Waals surface area contributed by atoms with Crippen LogP contribution in [0.5, 0.6) is 5.75 Å². The molecule has 0 aliphatic carbocycles. The number of rotatable bonds is 2. The van der Waals surface area contributed by atoms with Gasteiger partial charge < -0.3 is 34.1 Å². The summed E-state index contributed by atoms with van der Waals surface area (Å²) < 4.78 is 22.4. The number of carbonyl (C=O) groups excluding carboxylic acids is 2. The summed E-state index contributed by atoms with van der Waals surface area (Å²) >= 11 is 6.58. The van der Waals surface area contributed by atoms with Crippen LogP contribution in [0.3, 0.4) is 0 Å². The number of allylic oxidation sites excluding steroid dienone is 3. The quantitative estimate of drug-likeness (QED) is 0.467. The van der Waals surface area contributed by atoms with E-state index in [0.717, 1.165) is 11.1 Å². The lowest BCUT2D eigenvalue weighted by Crippen LogP contribution is -2.63. The first-order valence-corrected chi connectivity index (χ1v) is 13.3. The molecule has 0 spiro atoms. The molecule has 7 atom stereocenters. The third-order valence-corrected chi connectivity index (χ3v) is 8.36. The van der Waals surface area contributed by atoms with Crippen LogP contribution in [0.2, 0.25) is 5.02 Å². The van der Waals surface area contributed by atoms with Crippen molar-refractivity contribution in [2.45, 2.75) is 75.8 Å². The number of benzene rings is 1. The van der Waals surface area contributed by atoms with Gasteiger partial charge in [0.1, 0.15) is 28.6 Å². The predicted octanol–water partition coefficient (Wildman–Crippen LogP) is 3.12. The molecule has 4 rings (SSSR count). The van der Waals surface area contributed by atoms with Crippen molar-refractivity contribution in [1.82, 2.24) is 5.32 Å². The highest BCUT2D eigenvalue weighted by molar-refractivity contribution is 6.35. The minimum atomic E-state index is -1.73. The van der Waals surface area contributed by atoms with Crippen molar-refractivity contribution < 1.29 is 38.7 Å². The molecule has 11 heteroatoms. The van der Waals surface area contributed by atoms with Gasteiger partial charge in [-0.25, -0.2) is 4.79 Å². The fourth-order valence-corrected chi connectivity index (χ4v) is 5.78. The van der Waals surface area contributed by atoms with Gasteiger partial charge in [0.25, 0.3) is 0 Å². The van der Waals surface area contributed by atoms with Gasteiger partial charge in [-0.15, -0.1) is 0 Å². The molecule has 39 heavy (non-hydrogen) atoms. The number of aliphatic hydroxyl groups excluding tert-OH is 1. The number of amides is 2. The maximum atomic E-state index is 13.3. The first-order chi connectivity index (χ1) is 18.3. The Labute approximate surface area is 233 Å². The van der Waals surface area contributed by atoms with Crippen LogP contribution >= 0.6 is 11.6 Å². The maximum absolute atomic E-state index is 13.3. The highest BCUT2D eigenvalue weighted by Gasteiger charge is 2.62. The molecule has 3 heterocycles. The zero-order valence-electron chi connectivity index (χ0n) is 23.1. The molecule has 0 saturated carbocycles. The number of nitrogens with one attached hydrogen (secondary N) is 1. The number of methoxy groups -OCH3 is 2. The lowest BCUT2D eigenvalue weighted by Gasteiger charge is -2.42. The number of carbonyl (C=O) groups is 2. The second-order valence-electron chi connectivity index (χ2n) is 10.8. The molecular formula is C28H37ClN2O8. The summed E-state index contributed by atoms with van der Waals surface area (Å²) in [5, 5.41) is 25.3. The molecule has 10 nitrogen and oxygen atoms in total. The smallest absolute Gasteiger partial charge is 0.409 e. The van der Waals surface area contributed by atoms with E-state index >= 15 is 0 Å². The zero-order valence-corrected chi connectivity index (χ0v) is 23.8. The summed E-state index contributed by atoms with van der Waals surface area (Å²) in [5.74, 6) is -0.323. The van der Waals surface area contributed by atoms with Crippen molar-refractivity contribution in [3.8, 4) is 5.75 Å². The van der Waals surface area contributed by atoms with E-state index in [1.54, 1.807) is 26.1 Å². The Balaban J connectivity index is 1.74. The molecule has 214 valence electrons. The van der Waals surface area contributed by atoms with Gasteiger partial charge in [-0.2, -0.15) is 0 Å². The van der Waals surface area contributed by atoms with Gasteiger partial charge in [-0.1, -0.05) is 42.3 Å². The van der Waals surface area contributed by atoms with Crippen LogP contribution in [0.1, 0.15) is 39.2 Å². The number of hydrogen-bond acceptors (Lipinski definition) is 8. The topological polar surface area (TPSA) is 130 Å². The van der Waals surface area contributed by atoms with Crippen molar-refractivity contribution >= 4 is 29.3 Å². The number of ether oxygens (including phenoxy) is 4. The number of halogens is 1. The van der Waals surface area contributed by atoms with E-state index in [2.05, 4.69) is 5.32 Å². The Bertz CT molecular complexity index is 1190. The maximum Gasteiger partial charge on any atom is 0.409 e. The van der Waals surface area contributed by atoms with Gasteiger partial charge in [0.15, 0.2) is 5.72 Å². The fraction of sp³-hybridized carbons (Fsp3) is 0.571. The number of hydrogen-bond donors (Lipinski definition) is 3. The first kappa shape index (κ1) is 29.4. The van der Waals surface area contributed by atoms with Crippen LogP contribution < -0.4 is 15.0 Å². The molecule has 3 N–H and O–H groups in total. The Morgan fingerprint density at radius 1 is 1.26 bits per heavy atom. The Morgan fingerprint density at radius 2 is 1.97 bits per heavy atom. The van der Waals surface area contributed by atoms with E-state index in [-0.39, 0.29) is 23.8 Å². The Kier molecular flexibility index (Phi) is 8.35. The van der Waals surface area contributed by atoms with Crippen molar-refractivity contribution in [3.05, 3.63) is 46.5 Å². The summed E-state index contributed by atoms with van der Waals surface area (Å²) in [7, 11) is 4.56. The van der Waals surface area contributed by atoms with Crippen molar-refractivity contribution in [1.29, 1.82) is 0 Å². The molecule has 0 aromatic heterocycles. The summed E-state index contributed by atoms with van der Waals surface area (Å²) in [6.07, 6.45) is 1.63. The van der Waals surface area contributed by atoms with E-state index in [4.69, 9.17) is 30.5 Å². The number of epoxide rings is 1. The number of alkyl carbamates (subject to hydrolysis) is 1. The summed E-state index contributed by atoms with van der Waals surface area (Å²) in [5.41, 5.74) is -0.479. The third kappa shape index (κ3) is 5.81. The van der Waals surface area contributed by atoms with E-state index in [1.807, 2.05) is 32.1 Å². The van der Waals surface area contributed by atoms with Crippen molar-refractivity contribution in [2.75, 3.05) is 26.2 Å². The van der Waals surface area contributed by atoms with Gasteiger partial charge in [0, 0.05) is 26.5 Å². The zero-order chi connectivity index (χ0) is 28.7. The van der Waals surface area contributed by atoms with Crippen LogP contribution in [0.25, 0.3) is 0 Å². The van der Waals surface area contributed by atoms with Gasteiger partial charge in [0.2, 0.25) is 5.91 Å². The number of aliphatic hydroxyl groups is 2. The number of fused-ring (bicyclic) bond motifs is 5. The lowest BCUT2D eigenvalue weighted by atomic mass is 9.84. The normalized spacial score (nSPS) is 35.5. The molecule has 3 aliphatic rings. The van der Waals surface area contributed by atoms with Gasteiger partial charge in [0.05, 0.1) is 31.4 Å². The van der Waals surface area contributed by atoms with Gasteiger partial charge in [-0.3, -0.25) is 10.1 Å². The molecule has 1 aromatic carbocycles. The van der Waals surface area contributed by atoms with E-state index < -0.39 is 47.8 Å². The largest absolute Gasteiger partial charge is 0.495 e. The molecule has 2 saturated heterocycles. The average molecular weight is 565 g/mol. The minimum Gasteiger partial charge on any atom is -0.495 e. The Morgan fingerprint density at radius 3 is 2.64 bits per heavy atom. The SMILES string of the molecule is COc1cc2cc(c1Cl)N(C)C(=O)C[C@H](O)[C@]1(C)O[C@@H]1[C@@H](C)[C@@H]1C[C@@](O)(NC(=O)O1)[C@H](OC)C=CC=C(C)C2. The van der Waals surface area contributed by atoms with Crippen molar-refractivity contribution in [2.24, 2.45) is 5.92 Å². The predicted molar refractivity (Wildman–Crippen MR) is 145 cm³/mol. The lowest BCUT2D eigenvalue weighted by molar-refractivity contribution is -0.142. The highest BCUT2D eigenvalue weighted by atomic mass is 35.5. The average Bonchev–Trinajstić information content (AvgIpc) is 3.58. The van der Waals surface area contributed by atoms with Gasteiger partial charge in [-0.05, 0) is 38.0 Å².